The zero-order valence-corrected chi connectivity index (χ0v) is 21.0. The number of hydrogen-bond donors (Lipinski definition) is 1. The molecule has 33 heavy (non-hydrogen) atoms. The second kappa shape index (κ2) is 16.2. The van der Waals surface area contributed by atoms with Gasteiger partial charge in [0.15, 0.2) is 0 Å². The first-order valence-electron chi connectivity index (χ1n) is 12.1. The Hall–Kier alpha value is -2.41. The molecule has 0 spiro atoms. The molecule has 0 unspecified atom stereocenters. The molecule has 0 fully saturated rings. The second-order valence-electron chi connectivity index (χ2n) is 8.49. The number of esters is 1. The van der Waals surface area contributed by atoms with Crippen molar-refractivity contribution in [2.45, 2.75) is 77.9 Å². The van der Waals surface area contributed by atoms with Crippen molar-refractivity contribution in [3.63, 3.8) is 0 Å². The summed E-state index contributed by atoms with van der Waals surface area (Å²) < 4.78 is 10.5. The predicted molar refractivity (Wildman–Crippen MR) is 130 cm³/mol. The highest BCUT2D eigenvalue weighted by Gasteiger charge is 2.31. The molecule has 0 aliphatic carbocycles. The topological polar surface area (TPSA) is 84.9 Å². The maximum absolute atomic E-state index is 13.0. The summed E-state index contributed by atoms with van der Waals surface area (Å²) in [6.07, 6.45) is 5.38. The Morgan fingerprint density at radius 1 is 1.00 bits per heavy atom. The summed E-state index contributed by atoms with van der Waals surface area (Å²) in [7, 11) is 2.86. The zero-order chi connectivity index (χ0) is 24.6. The number of carbonyl (C=O) groups is 3. The van der Waals surface area contributed by atoms with E-state index in [1.54, 1.807) is 18.9 Å². The van der Waals surface area contributed by atoms with Crippen LogP contribution in [0.4, 0.5) is 0 Å². The summed E-state index contributed by atoms with van der Waals surface area (Å²) in [5.74, 6) is -1.26. The van der Waals surface area contributed by atoms with E-state index in [1.807, 2.05) is 37.3 Å². The highest BCUT2D eigenvalue weighted by molar-refractivity contribution is 5.86. The van der Waals surface area contributed by atoms with Crippen LogP contribution < -0.4 is 5.32 Å². The molecule has 7 heteroatoms. The van der Waals surface area contributed by atoms with Crippen LogP contribution in [-0.2, 0) is 30.3 Å². The number of benzene rings is 1. The van der Waals surface area contributed by atoms with Gasteiger partial charge >= 0.3 is 5.97 Å². The van der Waals surface area contributed by atoms with Gasteiger partial charge in [0, 0.05) is 33.0 Å². The number of rotatable bonds is 16. The van der Waals surface area contributed by atoms with E-state index in [2.05, 4.69) is 12.2 Å². The Morgan fingerprint density at radius 2 is 1.70 bits per heavy atom. The van der Waals surface area contributed by atoms with E-state index < -0.39 is 24.0 Å². The number of hydrogen-bond acceptors (Lipinski definition) is 5. The van der Waals surface area contributed by atoms with Gasteiger partial charge in [-0.2, -0.15) is 0 Å². The van der Waals surface area contributed by atoms with Crippen molar-refractivity contribution in [3.8, 4) is 0 Å². The predicted octanol–water partition coefficient (Wildman–Crippen LogP) is 3.75. The van der Waals surface area contributed by atoms with E-state index in [0.717, 1.165) is 37.7 Å². The average Bonchev–Trinajstić information content (AvgIpc) is 2.83. The van der Waals surface area contributed by atoms with Crippen LogP contribution in [0, 0.1) is 5.92 Å². The van der Waals surface area contributed by atoms with Crippen molar-refractivity contribution in [3.05, 3.63) is 35.9 Å². The van der Waals surface area contributed by atoms with Gasteiger partial charge in [0.1, 0.15) is 6.04 Å². The number of ether oxygens (including phenoxy) is 2. The largest absolute Gasteiger partial charge is 0.467 e. The van der Waals surface area contributed by atoms with Gasteiger partial charge in [-0.3, -0.25) is 9.59 Å². The fourth-order valence-corrected chi connectivity index (χ4v) is 3.76. The molecule has 0 aliphatic rings. The molecule has 1 rings (SSSR count). The summed E-state index contributed by atoms with van der Waals surface area (Å²) >= 11 is 0. The quantitative estimate of drug-likeness (QED) is 0.299. The van der Waals surface area contributed by atoms with Crippen LogP contribution in [0.3, 0.4) is 0 Å². The van der Waals surface area contributed by atoms with Crippen molar-refractivity contribution in [1.29, 1.82) is 0 Å². The molecule has 1 aromatic carbocycles. The fraction of sp³-hybridized carbons (Fsp3) is 0.654. The van der Waals surface area contributed by atoms with Crippen LogP contribution in [0.2, 0.25) is 0 Å². The third kappa shape index (κ3) is 10.4. The number of nitrogens with zero attached hydrogens (tertiary/aromatic N) is 1. The first-order valence-corrected chi connectivity index (χ1v) is 12.1. The van der Waals surface area contributed by atoms with E-state index >= 15 is 0 Å². The van der Waals surface area contributed by atoms with Crippen LogP contribution in [-0.4, -0.2) is 62.1 Å². The first kappa shape index (κ1) is 28.6. The first-order chi connectivity index (χ1) is 15.9. The van der Waals surface area contributed by atoms with E-state index in [9.17, 15) is 14.4 Å². The molecule has 0 bridgehead atoms. The van der Waals surface area contributed by atoms with Crippen LogP contribution in [0.5, 0.6) is 0 Å². The van der Waals surface area contributed by atoms with Crippen molar-refractivity contribution >= 4 is 17.8 Å². The molecular weight excluding hydrogens is 420 g/mol. The van der Waals surface area contributed by atoms with Gasteiger partial charge in [-0.05, 0) is 18.4 Å². The summed E-state index contributed by atoms with van der Waals surface area (Å²) in [6, 6.07) is 8.68. The average molecular weight is 463 g/mol. The van der Waals surface area contributed by atoms with E-state index in [4.69, 9.17) is 9.47 Å². The molecule has 1 N–H and O–H groups in total. The Kier molecular flexibility index (Phi) is 14.1. The highest BCUT2D eigenvalue weighted by atomic mass is 16.5. The standard InChI is InChI=1S/C26H42N2O5/c1-6-8-9-13-16-24(29)28(17-7-2)19-23(32-4)20(3)25(30)27-22(26(31)33-5)18-21-14-11-10-12-15-21/h10-12,14-15,20,22-23H,6-9,13,16-19H2,1-5H3,(H,27,30)/t20-,22+,23+/m1/s1. The summed E-state index contributed by atoms with van der Waals surface area (Å²) in [5.41, 5.74) is 0.923. The maximum Gasteiger partial charge on any atom is 0.328 e. The lowest BCUT2D eigenvalue weighted by Gasteiger charge is -2.30. The SMILES string of the molecule is CCCCCCC(=O)N(CCC)C[C@H](OC)[C@@H](C)C(=O)N[C@@H](Cc1ccccc1)C(=O)OC. The van der Waals surface area contributed by atoms with Crippen molar-refractivity contribution in [2.75, 3.05) is 27.3 Å². The second-order valence-corrected chi connectivity index (χ2v) is 8.49. The van der Waals surface area contributed by atoms with E-state index in [-0.39, 0.29) is 11.8 Å². The summed E-state index contributed by atoms with van der Waals surface area (Å²) in [6.45, 7) is 6.90. The molecule has 0 heterocycles. The Balaban J connectivity index is 2.80. The van der Waals surface area contributed by atoms with Crippen molar-refractivity contribution in [1.82, 2.24) is 10.2 Å². The number of unbranched alkanes of at least 4 members (excludes halogenated alkanes) is 3. The Bertz CT molecular complexity index is 710. The number of amides is 2. The van der Waals surface area contributed by atoms with Gasteiger partial charge in [0.25, 0.3) is 0 Å². The van der Waals surface area contributed by atoms with Crippen LogP contribution in [0.25, 0.3) is 0 Å². The number of nitrogens with one attached hydrogen (secondary N) is 1. The van der Waals surface area contributed by atoms with E-state index in [1.165, 1.54) is 7.11 Å². The lowest BCUT2D eigenvalue weighted by molar-refractivity contribution is -0.146. The zero-order valence-electron chi connectivity index (χ0n) is 21.0. The summed E-state index contributed by atoms with van der Waals surface area (Å²) in [4.78, 5) is 39.9. The monoisotopic (exact) mass is 462 g/mol. The van der Waals surface area contributed by atoms with Crippen LogP contribution >= 0.6 is 0 Å². The molecule has 186 valence electrons. The molecule has 0 saturated heterocycles. The molecule has 3 atom stereocenters. The lowest BCUT2D eigenvalue weighted by atomic mass is 10.0. The fourth-order valence-electron chi connectivity index (χ4n) is 3.76. The molecule has 0 aliphatic heterocycles. The van der Waals surface area contributed by atoms with Gasteiger partial charge in [0.2, 0.25) is 11.8 Å². The van der Waals surface area contributed by atoms with Crippen molar-refractivity contribution in [2.24, 2.45) is 5.92 Å². The molecule has 1 aromatic rings. The molecule has 0 radical (unpaired) electrons. The molecule has 2 amide bonds. The van der Waals surface area contributed by atoms with Gasteiger partial charge in [0.05, 0.1) is 19.1 Å². The molecule has 0 aromatic heterocycles. The molecular formula is C26H42N2O5. The minimum atomic E-state index is -0.795. The number of methoxy groups -OCH3 is 2. The van der Waals surface area contributed by atoms with Gasteiger partial charge < -0.3 is 19.7 Å². The third-order valence-corrected chi connectivity index (χ3v) is 5.85. The normalized spacial score (nSPS) is 13.6. The van der Waals surface area contributed by atoms with Crippen LogP contribution in [0.15, 0.2) is 30.3 Å². The maximum atomic E-state index is 13.0. The summed E-state index contributed by atoms with van der Waals surface area (Å²) in [5, 5.41) is 2.82. The van der Waals surface area contributed by atoms with Crippen molar-refractivity contribution < 1.29 is 23.9 Å². The third-order valence-electron chi connectivity index (χ3n) is 5.85. The highest BCUT2D eigenvalue weighted by Crippen LogP contribution is 2.14. The van der Waals surface area contributed by atoms with Gasteiger partial charge in [-0.15, -0.1) is 0 Å². The molecule has 7 nitrogen and oxygen atoms in total. The minimum Gasteiger partial charge on any atom is -0.467 e. The minimum absolute atomic E-state index is 0.0964. The van der Waals surface area contributed by atoms with E-state index in [0.29, 0.717) is 25.9 Å². The Labute approximate surface area is 199 Å². The van der Waals surface area contributed by atoms with Gasteiger partial charge in [-0.25, -0.2) is 4.79 Å². The van der Waals surface area contributed by atoms with Gasteiger partial charge in [-0.1, -0.05) is 70.4 Å². The Morgan fingerprint density at radius 3 is 2.27 bits per heavy atom. The van der Waals surface area contributed by atoms with Crippen LogP contribution in [0.1, 0.15) is 64.9 Å². The molecule has 0 saturated carbocycles. The smallest absolute Gasteiger partial charge is 0.328 e. The lowest BCUT2D eigenvalue weighted by Crippen LogP contribution is -2.50. The number of carbonyl (C=O) groups excluding carboxylic acids is 3.